The summed E-state index contributed by atoms with van der Waals surface area (Å²) in [5, 5.41) is 9.97. The summed E-state index contributed by atoms with van der Waals surface area (Å²) in [6.07, 6.45) is 3.12. The molecule has 1 aromatic rings. The van der Waals surface area contributed by atoms with Gasteiger partial charge in [0.1, 0.15) is 0 Å². The van der Waals surface area contributed by atoms with Crippen molar-refractivity contribution in [2.24, 2.45) is 0 Å². The Bertz CT molecular complexity index is 548. The van der Waals surface area contributed by atoms with E-state index in [1.54, 1.807) is 12.1 Å². The van der Waals surface area contributed by atoms with Crippen LogP contribution < -0.4 is 4.72 Å². The van der Waals surface area contributed by atoms with Gasteiger partial charge in [-0.3, -0.25) is 0 Å². The highest BCUT2D eigenvalue weighted by Crippen LogP contribution is 2.19. The van der Waals surface area contributed by atoms with Crippen molar-refractivity contribution >= 4 is 21.8 Å². The molecule has 7 heteroatoms. The molecule has 0 saturated carbocycles. The molecule has 2 N–H and O–H groups in total. The third-order valence-electron chi connectivity index (χ3n) is 3.70. The molecule has 5 nitrogen and oxygen atoms in total. The van der Waals surface area contributed by atoms with Crippen molar-refractivity contribution in [3.8, 4) is 0 Å². The second-order valence-electron chi connectivity index (χ2n) is 5.22. The van der Waals surface area contributed by atoms with Gasteiger partial charge in [0.2, 0.25) is 0 Å². The maximum Gasteiger partial charge on any atom is 0.279 e. The summed E-state index contributed by atoms with van der Waals surface area (Å²) in [6, 6.07) is 7.05. The summed E-state index contributed by atoms with van der Waals surface area (Å²) < 4.78 is 28.6. The van der Waals surface area contributed by atoms with Gasteiger partial charge >= 0.3 is 0 Å². The molecule has 0 aromatic heterocycles. The van der Waals surface area contributed by atoms with Crippen molar-refractivity contribution < 1.29 is 13.5 Å². The van der Waals surface area contributed by atoms with E-state index in [1.165, 1.54) is 4.31 Å². The molecule has 0 amide bonds. The Morgan fingerprint density at radius 2 is 2.00 bits per heavy atom. The maximum atomic E-state index is 12.3. The lowest BCUT2D eigenvalue weighted by atomic mass is 10.1. The third-order valence-corrected chi connectivity index (χ3v) is 5.62. The minimum atomic E-state index is -3.53. The first kappa shape index (κ1) is 16.7. The van der Waals surface area contributed by atoms with Gasteiger partial charge in [0, 0.05) is 24.2 Å². The highest BCUT2D eigenvalue weighted by Gasteiger charge is 2.31. The molecule has 0 bridgehead atoms. The highest BCUT2D eigenvalue weighted by atomic mass is 35.5. The number of rotatable bonds is 6. The molecule has 1 aromatic carbocycles. The van der Waals surface area contributed by atoms with Crippen LogP contribution >= 0.6 is 11.6 Å². The average molecular weight is 333 g/mol. The topological polar surface area (TPSA) is 69.6 Å². The molecule has 1 saturated heterocycles. The van der Waals surface area contributed by atoms with Gasteiger partial charge in [0.25, 0.3) is 10.2 Å². The van der Waals surface area contributed by atoms with E-state index >= 15 is 0 Å². The fraction of sp³-hybridized carbons (Fsp3) is 0.571. The number of hydrogen-bond acceptors (Lipinski definition) is 3. The first-order valence-electron chi connectivity index (χ1n) is 7.14. The van der Waals surface area contributed by atoms with Crippen molar-refractivity contribution in [3.05, 3.63) is 34.9 Å². The average Bonchev–Trinajstić information content (AvgIpc) is 2.49. The van der Waals surface area contributed by atoms with Gasteiger partial charge in [0.05, 0.1) is 6.61 Å². The zero-order valence-corrected chi connectivity index (χ0v) is 13.4. The van der Waals surface area contributed by atoms with Crippen LogP contribution in [-0.4, -0.2) is 43.6 Å². The number of nitrogens with zero attached hydrogens (tertiary/aromatic N) is 1. The minimum Gasteiger partial charge on any atom is -0.395 e. The van der Waals surface area contributed by atoms with Crippen molar-refractivity contribution in [1.29, 1.82) is 0 Å². The fourth-order valence-corrected chi connectivity index (χ4v) is 4.12. The Hall–Kier alpha value is -0.660. The molecule has 1 fully saturated rings. The second kappa shape index (κ2) is 7.56. The van der Waals surface area contributed by atoms with Crippen LogP contribution in [0, 0.1) is 0 Å². The lowest BCUT2D eigenvalue weighted by molar-refractivity contribution is 0.154. The van der Waals surface area contributed by atoms with E-state index in [4.69, 9.17) is 11.6 Å². The first-order valence-corrected chi connectivity index (χ1v) is 8.96. The van der Waals surface area contributed by atoms with E-state index in [2.05, 4.69) is 4.72 Å². The summed E-state index contributed by atoms with van der Waals surface area (Å²) in [7, 11) is -3.53. The molecule has 0 radical (unpaired) electrons. The Morgan fingerprint density at radius 3 is 2.67 bits per heavy atom. The molecular weight excluding hydrogens is 312 g/mol. The Balaban J connectivity index is 1.90. The predicted molar refractivity (Wildman–Crippen MR) is 83.5 cm³/mol. The SMILES string of the molecule is O=S(=O)(NCCc1ccc(Cl)cc1)N1CCCCC1CO. The normalized spacial score (nSPS) is 20.6. The standard InChI is InChI=1S/C14H21ClN2O3S/c15-13-6-4-12(5-7-13)8-9-16-21(19,20)17-10-2-1-3-14(17)11-18/h4-7,14,16,18H,1-3,8-11H2. The zero-order valence-electron chi connectivity index (χ0n) is 11.8. The lowest BCUT2D eigenvalue weighted by Crippen LogP contribution is -2.50. The molecule has 0 aliphatic carbocycles. The van der Waals surface area contributed by atoms with E-state index in [9.17, 15) is 13.5 Å². The molecule has 21 heavy (non-hydrogen) atoms. The summed E-state index contributed by atoms with van der Waals surface area (Å²) in [4.78, 5) is 0. The first-order chi connectivity index (χ1) is 10.0. The number of nitrogens with one attached hydrogen (secondary N) is 1. The van der Waals surface area contributed by atoms with Gasteiger partial charge in [-0.25, -0.2) is 4.72 Å². The van der Waals surface area contributed by atoms with Gasteiger partial charge in [-0.15, -0.1) is 0 Å². The van der Waals surface area contributed by atoms with Crippen LogP contribution in [0.1, 0.15) is 24.8 Å². The second-order valence-corrected chi connectivity index (χ2v) is 7.36. The summed E-state index contributed by atoms with van der Waals surface area (Å²) in [5.41, 5.74) is 1.03. The molecule has 1 aliphatic heterocycles. The third kappa shape index (κ3) is 4.66. The molecule has 2 rings (SSSR count). The van der Waals surface area contributed by atoms with Crippen molar-refractivity contribution in [1.82, 2.24) is 9.03 Å². The van der Waals surface area contributed by atoms with E-state index in [0.717, 1.165) is 18.4 Å². The van der Waals surface area contributed by atoms with Crippen molar-refractivity contribution in [2.45, 2.75) is 31.7 Å². The van der Waals surface area contributed by atoms with Gasteiger partial charge in [-0.1, -0.05) is 30.2 Å². The molecule has 0 spiro atoms. The van der Waals surface area contributed by atoms with Gasteiger partial charge in [0.15, 0.2) is 0 Å². The van der Waals surface area contributed by atoms with Crippen LogP contribution in [0.5, 0.6) is 0 Å². The number of hydrogen-bond donors (Lipinski definition) is 2. The fourth-order valence-electron chi connectivity index (χ4n) is 2.53. The Morgan fingerprint density at radius 1 is 1.29 bits per heavy atom. The van der Waals surface area contributed by atoms with Crippen molar-refractivity contribution in [2.75, 3.05) is 19.7 Å². The van der Waals surface area contributed by atoms with E-state index < -0.39 is 10.2 Å². The van der Waals surface area contributed by atoms with Crippen LogP contribution in [0.15, 0.2) is 24.3 Å². The molecule has 1 heterocycles. The summed E-state index contributed by atoms with van der Waals surface area (Å²) in [5.74, 6) is 0. The molecule has 118 valence electrons. The lowest BCUT2D eigenvalue weighted by Gasteiger charge is -2.33. The maximum absolute atomic E-state index is 12.3. The summed E-state index contributed by atoms with van der Waals surface area (Å²) in [6.45, 7) is 0.679. The van der Waals surface area contributed by atoms with E-state index in [1.807, 2.05) is 12.1 Å². The van der Waals surface area contributed by atoms with Crippen LogP contribution in [0.4, 0.5) is 0 Å². The van der Waals surface area contributed by atoms with Crippen LogP contribution in [0.3, 0.4) is 0 Å². The Labute approximate surface area is 131 Å². The number of halogens is 1. The molecular formula is C14H21ClN2O3S. The van der Waals surface area contributed by atoms with Gasteiger partial charge in [-0.2, -0.15) is 12.7 Å². The van der Waals surface area contributed by atoms with Crippen molar-refractivity contribution in [3.63, 3.8) is 0 Å². The molecule has 1 atom stereocenters. The summed E-state index contributed by atoms with van der Waals surface area (Å²) >= 11 is 5.81. The number of benzene rings is 1. The predicted octanol–water partition coefficient (Wildman–Crippen LogP) is 1.56. The van der Waals surface area contributed by atoms with Gasteiger partial charge in [-0.05, 0) is 37.0 Å². The number of aliphatic hydroxyl groups is 1. The van der Waals surface area contributed by atoms with Crippen LogP contribution in [0.25, 0.3) is 0 Å². The monoisotopic (exact) mass is 332 g/mol. The van der Waals surface area contributed by atoms with Crippen LogP contribution in [0.2, 0.25) is 5.02 Å². The number of aliphatic hydroxyl groups excluding tert-OH is 1. The van der Waals surface area contributed by atoms with Crippen LogP contribution in [-0.2, 0) is 16.6 Å². The van der Waals surface area contributed by atoms with Gasteiger partial charge < -0.3 is 5.11 Å². The van der Waals surface area contributed by atoms with E-state index in [0.29, 0.717) is 31.0 Å². The zero-order chi connectivity index (χ0) is 15.3. The minimum absolute atomic E-state index is 0.127. The highest BCUT2D eigenvalue weighted by molar-refractivity contribution is 7.87. The quantitative estimate of drug-likeness (QED) is 0.830. The molecule has 1 aliphatic rings. The largest absolute Gasteiger partial charge is 0.395 e. The number of piperidine rings is 1. The Kier molecular flexibility index (Phi) is 6.01. The smallest absolute Gasteiger partial charge is 0.279 e. The molecule has 1 unspecified atom stereocenters. The van der Waals surface area contributed by atoms with E-state index in [-0.39, 0.29) is 12.6 Å².